The molecule has 0 bridgehead atoms. The van der Waals surface area contributed by atoms with Gasteiger partial charge in [-0.1, -0.05) is 41.9 Å². The molecule has 3 heterocycles. The average Bonchev–Trinajstić information content (AvgIpc) is 3.32. The number of hydrogen-bond acceptors (Lipinski definition) is 6. The normalized spacial score (nSPS) is 14.8. The van der Waals surface area contributed by atoms with Crippen molar-refractivity contribution in [1.29, 1.82) is 0 Å². The van der Waals surface area contributed by atoms with Gasteiger partial charge in [0.1, 0.15) is 17.0 Å². The monoisotopic (exact) mass is 509 g/mol. The Kier molecular flexibility index (Phi) is 7.22. The van der Waals surface area contributed by atoms with Crippen molar-refractivity contribution in [3.63, 3.8) is 0 Å². The summed E-state index contributed by atoms with van der Waals surface area (Å²) < 4.78 is 13.4. The quantitative estimate of drug-likeness (QED) is 0.345. The standard InChI is InChI=1S/C26H25ClFN5OS/c27-21-12-19(6-7-22(21)28)29-14-23-20-13-24(35-26(20)31-16-30-23)25(34)32-18-8-10-33(11-9-18)15-17-4-2-1-3-5-17/h1-7,12-13,16,18,29H,8-11,14-15H2,(H,32,34). The number of rotatable bonds is 7. The second kappa shape index (κ2) is 10.7. The van der Waals surface area contributed by atoms with Gasteiger partial charge in [-0.2, -0.15) is 0 Å². The molecular weight excluding hydrogens is 485 g/mol. The molecule has 1 amide bonds. The Balaban J connectivity index is 1.19. The van der Waals surface area contributed by atoms with Gasteiger partial charge in [0.2, 0.25) is 0 Å². The Morgan fingerprint density at radius 1 is 1.11 bits per heavy atom. The highest BCUT2D eigenvalue weighted by Crippen LogP contribution is 2.27. The minimum Gasteiger partial charge on any atom is -0.379 e. The first-order chi connectivity index (χ1) is 17.0. The van der Waals surface area contributed by atoms with Crippen LogP contribution >= 0.6 is 22.9 Å². The Morgan fingerprint density at radius 3 is 2.69 bits per heavy atom. The van der Waals surface area contributed by atoms with Crippen LogP contribution in [0.2, 0.25) is 5.02 Å². The number of amides is 1. The summed E-state index contributed by atoms with van der Waals surface area (Å²) in [6, 6.07) is 17.0. The zero-order valence-corrected chi connectivity index (χ0v) is 20.6. The topological polar surface area (TPSA) is 70.2 Å². The van der Waals surface area contributed by atoms with Gasteiger partial charge < -0.3 is 10.6 Å². The van der Waals surface area contributed by atoms with Gasteiger partial charge in [0.25, 0.3) is 5.91 Å². The lowest BCUT2D eigenvalue weighted by molar-refractivity contribution is 0.0913. The van der Waals surface area contributed by atoms with E-state index in [-0.39, 0.29) is 17.0 Å². The van der Waals surface area contributed by atoms with Crippen LogP contribution < -0.4 is 10.6 Å². The van der Waals surface area contributed by atoms with E-state index in [9.17, 15) is 9.18 Å². The van der Waals surface area contributed by atoms with Crippen LogP contribution in [0.3, 0.4) is 0 Å². The lowest BCUT2D eigenvalue weighted by Crippen LogP contribution is -2.44. The number of benzene rings is 2. The Bertz CT molecular complexity index is 1320. The van der Waals surface area contributed by atoms with E-state index in [4.69, 9.17) is 11.6 Å². The molecule has 2 N–H and O–H groups in total. The molecule has 1 aliphatic rings. The second-order valence-corrected chi connectivity index (χ2v) is 10.1. The molecule has 1 fully saturated rings. The number of thiophene rings is 1. The lowest BCUT2D eigenvalue weighted by atomic mass is 10.0. The zero-order chi connectivity index (χ0) is 24.2. The van der Waals surface area contributed by atoms with Crippen molar-refractivity contribution in [2.24, 2.45) is 0 Å². The Labute approximate surface area is 212 Å². The molecule has 0 aliphatic carbocycles. The molecule has 0 spiro atoms. The predicted octanol–water partition coefficient (Wildman–Crippen LogP) is 5.49. The van der Waals surface area contributed by atoms with Crippen LogP contribution in [0.4, 0.5) is 10.1 Å². The van der Waals surface area contributed by atoms with E-state index >= 15 is 0 Å². The summed E-state index contributed by atoms with van der Waals surface area (Å²) in [5.74, 6) is -0.532. The molecule has 9 heteroatoms. The maximum Gasteiger partial charge on any atom is 0.261 e. The van der Waals surface area contributed by atoms with Crippen molar-refractivity contribution in [3.05, 3.63) is 87.9 Å². The Morgan fingerprint density at radius 2 is 1.91 bits per heavy atom. The van der Waals surface area contributed by atoms with Crippen molar-refractivity contribution in [2.45, 2.75) is 32.0 Å². The number of fused-ring (bicyclic) bond motifs is 1. The van der Waals surface area contributed by atoms with Crippen molar-refractivity contribution in [1.82, 2.24) is 20.2 Å². The largest absolute Gasteiger partial charge is 0.379 e. The smallest absolute Gasteiger partial charge is 0.261 e. The summed E-state index contributed by atoms with van der Waals surface area (Å²) in [6.45, 7) is 3.26. The van der Waals surface area contributed by atoms with E-state index in [0.29, 0.717) is 17.1 Å². The van der Waals surface area contributed by atoms with E-state index in [1.807, 2.05) is 12.1 Å². The number of hydrogen-bond donors (Lipinski definition) is 2. The van der Waals surface area contributed by atoms with Crippen LogP contribution in [-0.2, 0) is 13.1 Å². The maximum absolute atomic E-state index is 13.4. The third kappa shape index (κ3) is 5.78. The fourth-order valence-corrected chi connectivity index (χ4v) is 5.39. The number of aromatic nitrogens is 2. The number of piperidine rings is 1. The summed E-state index contributed by atoms with van der Waals surface area (Å²) in [5, 5.41) is 7.30. The number of likely N-dealkylation sites (tertiary alicyclic amines) is 1. The first kappa shape index (κ1) is 23.7. The highest BCUT2D eigenvalue weighted by molar-refractivity contribution is 7.20. The first-order valence-electron chi connectivity index (χ1n) is 11.5. The fraction of sp³-hybridized carbons (Fsp3) is 0.269. The molecule has 4 aromatic rings. The summed E-state index contributed by atoms with van der Waals surface area (Å²) in [5.41, 5.74) is 2.77. The predicted molar refractivity (Wildman–Crippen MR) is 138 cm³/mol. The van der Waals surface area contributed by atoms with Crippen molar-refractivity contribution in [2.75, 3.05) is 18.4 Å². The van der Waals surface area contributed by atoms with Crippen molar-refractivity contribution in [3.8, 4) is 0 Å². The summed E-state index contributed by atoms with van der Waals surface area (Å²) in [4.78, 5) is 25.5. The third-order valence-electron chi connectivity index (χ3n) is 6.19. The SMILES string of the molecule is O=C(NC1CCN(Cc2ccccc2)CC1)c1cc2c(CNc3ccc(F)c(Cl)c3)ncnc2s1. The van der Waals surface area contributed by atoms with Gasteiger partial charge in [-0.3, -0.25) is 9.69 Å². The molecule has 0 atom stereocenters. The zero-order valence-electron chi connectivity index (χ0n) is 19.0. The number of nitrogens with zero attached hydrogens (tertiary/aromatic N) is 3. The molecular formula is C26H25ClFN5OS. The van der Waals surface area contributed by atoms with Crippen LogP contribution in [0.25, 0.3) is 10.2 Å². The van der Waals surface area contributed by atoms with Gasteiger partial charge in [-0.15, -0.1) is 11.3 Å². The van der Waals surface area contributed by atoms with Gasteiger partial charge in [0.15, 0.2) is 0 Å². The molecule has 2 aromatic carbocycles. The molecule has 0 radical (unpaired) electrons. The summed E-state index contributed by atoms with van der Waals surface area (Å²) >= 11 is 7.23. The molecule has 6 nitrogen and oxygen atoms in total. The minimum atomic E-state index is -0.461. The second-order valence-electron chi connectivity index (χ2n) is 8.64. The first-order valence-corrected chi connectivity index (χ1v) is 12.7. The fourth-order valence-electron chi connectivity index (χ4n) is 4.28. The van der Waals surface area contributed by atoms with Crippen LogP contribution in [-0.4, -0.2) is 39.9 Å². The summed E-state index contributed by atoms with van der Waals surface area (Å²) in [7, 11) is 0. The maximum atomic E-state index is 13.4. The van der Waals surface area contributed by atoms with E-state index in [2.05, 4.69) is 49.8 Å². The summed E-state index contributed by atoms with van der Waals surface area (Å²) in [6.07, 6.45) is 3.36. The molecule has 5 rings (SSSR count). The van der Waals surface area contributed by atoms with E-state index in [1.54, 1.807) is 6.07 Å². The van der Waals surface area contributed by atoms with Gasteiger partial charge in [-0.05, 0) is 42.7 Å². The van der Waals surface area contributed by atoms with Gasteiger partial charge >= 0.3 is 0 Å². The number of carbonyl (C=O) groups excluding carboxylic acids is 1. The van der Waals surface area contributed by atoms with Crippen LogP contribution in [0.15, 0.2) is 60.9 Å². The van der Waals surface area contributed by atoms with Crippen molar-refractivity contribution >= 4 is 44.7 Å². The number of nitrogens with one attached hydrogen (secondary N) is 2. The molecule has 180 valence electrons. The molecule has 1 aliphatic heterocycles. The van der Waals surface area contributed by atoms with E-state index in [0.717, 1.165) is 48.4 Å². The number of halogens is 2. The van der Waals surface area contributed by atoms with Crippen LogP contribution in [0.1, 0.15) is 33.8 Å². The van der Waals surface area contributed by atoms with Crippen LogP contribution in [0, 0.1) is 5.82 Å². The van der Waals surface area contributed by atoms with Gasteiger partial charge in [0.05, 0.1) is 22.1 Å². The van der Waals surface area contributed by atoms with Gasteiger partial charge in [0, 0.05) is 36.7 Å². The molecule has 0 unspecified atom stereocenters. The third-order valence-corrected chi connectivity index (χ3v) is 7.52. The van der Waals surface area contributed by atoms with Crippen molar-refractivity contribution < 1.29 is 9.18 Å². The van der Waals surface area contributed by atoms with E-state index < -0.39 is 5.82 Å². The van der Waals surface area contributed by atoms with E-state index in [1.165, 1.54) is 35.4 Å². The average molecular weight is 510 g/mol. The lowest BCUT2D eigenvalue weighted by Gasteiger charge is -2.32. The highest BCUT2D eigenvalue weighted by Gasteiger charge is 2.22. The Hall–Kier alpha value is -3.07. The molecule has 1 saturated heterocycles. The molecule has 0 saturated carbocycles. The van der Waals surface area contributed by atoms with Crippen LogP contribution in [0.5, 0.6) is 0 Å². The molecule has 35 heavy (non-hydrogen) atoms. The number of anilines is 1. The highest BCUT2D eigenvalue weighted by atomic mass is 35.5. The number of carbonyl (C=O) groups is 1. The van der Waals surface area contributed by atoms with Gasteiger partial charge in [-0.25, -0.2) is 14.4 Å². The minimum absolute atomic E-state index is 0.0585. The molecule has 2 aromatic heterocycles.